The first kappa shape index (κ1) is 16.0. The Morgan fingerprint density at radius 1 is 1.26 bits per heavy atom. The summed E-state index contributed by atoms with van der Waals surface area (Å²) in [7, 11) is 0. The zero-order chi connectivity index (χ0) is 13.9. The number of amides is 1. The summed E-state index contributed by atoms with van der Waals surface area (Å²) < 4.78 is 10.6. The van der Waals surface area contributed by atoms with Gasteiger partial charge >= 0.3 is 0 Å². The van der Waals surface area contributed by atoms with Crippen LogP contribution in [-0.4, -0.2) is 31.1 Å². The zero-order valence-electron chi connectivity index (χ0n) is 11.2. The van der Waals surface area contributed by atoms with Crippen molar-refractivity contribution in [3.05, 3.63) is 24.3 Å². The molecule has 0 unspecified atom stereocenters. The van der Waals surface area contributed by atoms with Crippen molar-refractivity contribution in [1.29, 1.82) is 0 Å². The molecule has 0 radical (unpaired) electrons. The van der Waals surface area contributed by atoms with Crippen LogP contribution < -0.4 is 10.1 Å². The first-order valence-electron chi connectivity index (χ1n) is 6.42. The molecule has 106 valence electrons. The second-order valence-electron chi connectivity index (χ2n) is 3.91. The molecule has 1 N–H and O–H groups in total. The van der Waals surface area contributed by atoms with Gasteiger partial charge in [-0.2, -0.15) is 0 Å². The molecule has 0 atom stereocenters. The van der Waals surface area contributed by atoms with Crippen LogP contribution in [0.5, 0.6) is 5.75 Å². The second-order valence-corrected chi connectivity index (χ2v) is 4.70. The van der Waals surface area contributed by atoms with E-state index in [0.29, 0.717) is 26.2 Å². The molecule has 0 aliphatic carbocycles. The lowest BCUT2D eigenvalue weighted by Gasteiger charge is -2.07. The summed E-state index contributed by atoms with van der Waals surface area (Å²) in [6, 6.07) is 7.37. The number of carbonyl (C=O) groups excluding carboxylic acids is 1. The second kappa shape index (κ2) is 9.81. The Bertz CT molecular complexity index is 367. The number of anilines is 1. The molecule has 4 nitrogen and oxygen atoms in total. The van der Waals surface area contributed by atoms with Crippen molar-refractivity contribution in [2.24, 2.45) is 0 Å². The molecular weight excluding hydrogens is 310 g/mol. The summed E-state index contributed by atoms with van der Waals surface area (Å²) >= 11 is 3.30. The van der Waals surface area contributed by atoms with Gasteiger partial charge in [0.2, 0.25) is 5.91 Å². The molecule has 0 fully saturated rings. The number of halogens is 1. The lowest BCUT2D eigenvalue weighted by atomic mass is 10.2. The molecule has 0 spiro atoms. The van der Waals surface area contributed by atoms with Gasteiger partial charge in [0.25, 0.3) is 0 Å². The SMILES string of the molecule is CCOCCCC(=O)Nc1ccc(OCCBr)cc1. The van der Waals surface area contributed by atoms with Gasteiger partial charge in [-0.15, -0.1) is 0 Å². The minimum Gasteiger partial charge on any atom is -0.493 e. The maximum Gasteiger partial charge on any atom is 0.224 e. The Hall–Kier alpha value is -1.07. The van der Waals surface area contributed by atoms with E-state index in [1.807, 2.05) is 31.2 Å². The number of alkyl halides is 1. The quantitative estimate of drug-likeness (QED) is 0.559. The molecule has 5 heteroatoms. The number of rotatable bonds is 9. The maximum atomic E-state index is 11.6. The molecule has 1 aromatic rings. The number of carbonyl (C=O) groups is 1. The molecule has 0 aromatic heterocycles. The van der Waals surface area contributed by atoms with E-state index in [0.717, 1.165) is 23.2 Å². The van der Waals surface area contributed by atoms with Gasteiger partial charge in [-0.1, -0.05) is 15.9 Å². The predicted octanol–water partition coefficient (Wildman–Crippen LogP) is 3.22. The van der Waals surface area contributed by atoms with Crippen molar-refractivity contribution in [2.45, 2.75) is 19.8 Å². The first-order valence-corrected chi connectivity index (χ1v) is 7.55. The highest BCUT2D eigenvalue weighted by Crippen LogP contribution is 2.16. The third kappa shape index (κ3) is 7.18. The monoisotopic (exact) mass is 329 g/mol. The van der Waals surface area contributed by atoms with E-state index in [1.165, 1.54) is 0 Å². The lowest BCUT2D eigenvalue weighted by Crippen LogP contribution is -2.12. The summed E-state index contributed by atoms with van der Waals surface area (Å²) in [6.45, 7) is 3.89. The van der Waals surface area contributed by atoms with E-state index in [2.05, 4.69) is 21.2 Å². The van der Waals surface area contributed by atoms with E-state index in [4.69, 9.17) is 9.47 Å². The van der Waals surface area contributed by atoms with Crippen LogP contribution in [0.2, 0.25) is 0 Å². The fourth-order valence-electron chi connectivity index (χ4n) is 1.49. The van der Waals surface area contributed by atoms with E-state index in [9.17, 15) is 4.79 Å². The van der Waals surface area contributed by atoms with Gasteiger partial charge in [0.05, 0.1) is 6.61 Å². The summed E-state index contributed by atoms with van der Waals surface area (Å²) in [5, 5.41) is 3.64. The number of ether oxygens (including phenoxy) is 2. The lowest BCUT2D eigenvalue weighted by molar-refractivity contribution is -0.116. The van der Waals surface area contributed by atoms with Crippen molar-refractivity contribution in [3.8, 4) is 5.75 Å². The van der Waals surface area contributed by atoms with Gasteiger partial charge in [-0.25, -0.2) is 0 Å². The van der Waals surface area contributed by atoms with E-state index >= 15 is 0 Å². The minimum atomic E-state index is 0.00818. The third-order valence-electron chi connectivity index (χ3n) is 2.38. The molecule has 1 amide bonds. The summed E-state index contributed by atoms with van der Waals surface area (Å²) in [6.07, 6.45) is 1.22. The Morgan fingerprint density at radius 2 is 2.00 bits per heavy atom. The smallest absolute Gasteiger partial charge is 0.224 e. The predicted molar refractivity (Wildman–Crippen MR) is 80.1 cm³/mol. The van der Waals surface area contributed by atoms with Crippen LogP contribution in [-0.2, 0) is 9.53 Å². The Labute approximate surface area is 122 Å². The Balaban J connectivity index is 2.29. The van der Waals surface area contributed by atoms with Crippen LogP contribution in [0.25, 0.3) is 0 Å². The number of benzene rings is 1. The molecule has 0 saturated heterocycles. The van der Waals surface area contributed by atoms with Crippen LogP contribution in [0.15, 0.2) is 24.3 Å². The highest BCUT2D eigenvalue weighted by molar-refractivity contribution is 9.09. The largest absolute Gasteiger partial charge is 0.493 e. The Kier molecular flexibility index (Phi) is 8.25. The van der Waals surface area contributed by atoms with Crippen molar-refractivity contribution in [2.75, 3.05) is 30.5 Å². The van der Waals surface area contributed by atoms with Crippen LogP contribution in [0.3, 0.4) is 0 Å². The molecule has 0 saturated carbocycles. The highest BCUT2D eigenvalue weighted by Gasteiger charge is 2.02. The van der Waals surface area contributed by atoms with Gasteiger partial charge in [0.15, 0.2) is 0 Å². The van der Waals surface area contributed by atoms with E-state index in [1.54, 1.807) is 0 Å². The zero-order valence-corrected chi connectivity index (χ0v) is 12.7. The average molecular weight is 330 g/mol. The minimum absolute atomic E-state index is 0.00818. The van der Waals surface area contributed by atoms with Crippen LogP contribution >= 0.6 is 15.9 Å². The third-order valence-corrected chi connectivity index (χ3v) is 2.70. The fourth-order valence-corrected chi connectivity index (χ4v) is 1.66. The maximum absolute atomic E-state index is 11.6. The topological polar surface area (TPSA) is 47.6 Å². The van der Waals surface area contributed by atoms with Crippen molar-refractivity contribution in [3.63, 3.8) is 0 Å². The highest BCUT2D eigenvalue weighted by atomic mass is 79.9. The summed E-state index contributed by atoms with van der Waals surface area (Å²) in [4.78, 5) is 11.6. The molecule has 0 aliphatic heterocycles. The van der Waals surface area contributed by atoms with Crippen LogP contribution in [0, 0.1) is 0 Å². The molecule has 1 aromatic carbocycles. The Morgan fingerprint density at radius 3 is 2.63 bits per heavy atom. The molecule has 1 rings (SSSR count). The number of nitrogens with one attached hydrogen (secondary N) is 1. The number of hydrogen-bond acceptors (Lipinski definition) is 3. The van der Waals surface area contributed by atoms with Gasteiger partial charge in [0, 0.05) is 30.7 Å². The van der Waals surface area contributed by atoms with Crippen molar-refractivity contribution >= 4 is 27.5 Å². The van der Waals surface area contributed by atoms with Gasteiger partial charge < -0.3 is 14.8 Å². The van der Waals surface area contributed by atoms with Gasteiger partial charge in [-0.05, 0) is 37.6 Å². The van der Waals surface area contributed by atoms with Gasteiger partial charge in [0.1, 0.15) is 5.75 Å². The summed E-state index contributed by atoms with van der Waals surface area (Å²) in [5.74, 6) is 0.808. The molecule has 0 aliphatic rings. The van der Waals surface area contributed by atoms with E-state index in [-0.39, 0.29) is 5.91 Å². The van der Waals surface area contributed by atoms with Gasteiger partial charge in [-0.3, -0.25) is 4.79 Å². The molecular formula is C14H20BrNO3. The summed E-state index contributed by atoms with van der Waals surface area (Å²) in [5.41, 5.74) is 0.785. The molecule has 0 heterocycles. The van der Waals surface area contributed by atoms with Crippen molar-refractivity contribution < 1.29 is 14.3 Å². The van der Waals surface area contributed by atoms with Crippen LogP contribution in [0.1, 0.15) is 19.8 Å². The van der Waals surface area contributed by atoms with Crippen LogP contribution in [0.4, 0.5) is 5.69 Å². The fraction of sp³-hybridized carbons (Fsp3) is 0.500. The van der Waals surface area contributed by atoms with Crippen molar-refractivity contribution in [1.82, 2.24) is 0 Å². The molecule has 19 heavy (non-hydrogen) atoms. The normalized spacial score (nSPS) is 10.2. The standard InChI is InChI=1S/C14H20BrNO3/c1-2-18-10-3-4-14(17)16-12-5-7-13(8-6-12)19-11-9-15/h5-8H,2-4,9-11H2,1H3,(H,16,17). The van der Waals surface area contributed by atoms with E-state index < -0.39 is 0 Å². The average Bonchev–Trinajstić information content (AvgIpc) is 2.43. The number of hydrogen-bond donors (Lipinski definition) is 1. The first-order chi connectivity index (χ1) is 9.26. The molecule has 0 bridgehead atoms.